The maximum absolute atomic E-state index is 13.0. The minimum atomic E-state index is -3.59. The molecule has 3 aromatic rings. The predicted molar refractivity (Wildman–Crippen MR) is 140 cm³/mol. The van der Waals surface area contributed by atoms with E-state index in [1.165, 1.54) is 4.31 Å². The van der Waals surface area contributed by atoms with Gasteiger partial charge in [-0.2, -0.15) is 0 Å². The monoisotopic (exact) mass is 527 g/mol. The van der Waals surface area contributed by atoms with Crippen molar-refractivity contribution in [3.63, 3.8) is 0 Å². The predicted octanol–water partition coefficient (Wildman–Crippen LogP) is 4.03. The van der Waals surface area contributed by atoms with Crippen LogP contribution in [0.5, 0.6) is 0 Å². The molecule has 0 spiro atoms. The third-order valence-electron chi connectivity index (χ3n) is 5.76. The first-order chi connectivity index (χ1) is 17.2. The number of carbonyl (C=O) groups excluding carboxylic acids is 2. The smallest absolute Gasteiger partial charge is 0.256 e. The molecular weight excluding hydrogens is 502 g/mol. The SMILES string of the molecule is CS(=O)(=O)N(Cc1ccc(Cl)cc1)c1ccc(C(=O)Nc2ccccc2C(=O)N2CCOCC2)cc1. The van der Waals surface area contributed by atoms with Gasteiger partial charge in [-0.15, -0.1) is 0 Å². The Kier molecular flexibility index (Phi) is 7.93. The Morgan fingerprint density at radius 3 is 2.25 bits per heavy atom. The zero-order valence-electron chi connectivity index (χ0n) is 19.7. The molecule has 1 fully saturated rings. The van der Waals surface area contributed by atoms with Crippen molar-refractivity contribution in [1.29, 1.82) is 0 Å². The van der Waals surface area contributed by atoms with Crippen LogP contribution < -0.4 is 9.62 Å². The van der Waals surface area contributed by atoms with Crippen molar-refractivity contribution in [3.8, 4) is 0 Å². The summed E-state index contributed by atoms with van der Waals surface area (Å²) in [7, 11) is -3.59. The lowest BCUT2D eigenvalue weighted by Gasteiger charge is -2.27. The van der Waals surface area contributed by atoms with Crippen LogP contribution in [0.15, 0.2) is 72.8 Å². The van der Waals surface area contributed by atoms with Crippen LogP contribution in [0, 0.1) is 0 Å². The topological polar surface area (TPSA) is 96.0 Å². The highest BCUT2D eigenvalue weighted by molar-refractivity contribution is 7.92. The third kappa shape index (κ3) is 6.23. The van der Waals surface area contributed by atoms with Crippen LogP contribution in [0.4, 0.5) is 11.4 Å². The second-order valence-corrected chi connectivity index (χ2v) is 10.7. The number of hydrogen-bond acceptors (Lipinski definition) is 5. The molecule has 0 bridgehead atoms. The Balaban J connectivity index is 1.51. The van der Waals surface area contributed by atoms with Crippen molar-refractivity contribution in [1.82, 2.24) is 4.90 Å². The number of nitrogens with zero attached hydrogens (tertiary/aromatic N) is 2. The highest BCUT2D eigenvalue weighted by Crippen LogP contribution is 2.24. The van der Waals surface area contributed by atoms with E-state index in [2.05, 4.69) is 5.32 Å². The van der Waals surface area contributed by atoms with E-state index >= 15 is 0 Å². The first-order valence-corrected chi connectivity index (χ1v) is 13.5. The van der Waals surface area contributed by atoms with Crippen molar-refractivity contribution >= 4 is 44.8 Å². The lowest BCUT2D eigenvalue weighted by atomic mass is 10.1. The number of hydrogen-bond donors (Lipinski definition) is 1. The molecule has 1 aliphatic heterocycles. The van der Waals surface area contributed by atoms with E-state index in [-0.39, 0.29) is 12.5 Å². The quantitative estimate of drug-likeness (QED) is 0.500. The fraction of sp³-hybridized carbons (Fsp3) is 0.231. The molecule has 188 valence electrons. The van der Waals surface area contributed by atoms with Gasteiger partial charge in [0.15, 0.2) is 0 Å². The van der Waals surface area contributed by atoms with E-state index in [4.69, 9.17) is 16.3 Å². The molecule has 1 N–H and O–H groups in total. The Hall–Kier alpha value is -3.40. The summed E-state index contributed by atoms with van der Waals surface area (Å²) in [4.78, 5) is 27.6. The van der Waals surface area contributed by atoms with Crippen LogP contribution in [-0.4, -0.2) is 57.7 Å². The first kappa shape index (κ1) is 25.7. The minimum absolute atomic E-state index is 0.124. The lowest BCUT2D eigenvalue weighted by Crippen LogP contribution is -2.41. The average Bonchev–Trinajstić information content (AvgIpc) is 2.88. The Morgan fingerprint density at radius 2 is 1.61 bits per heavy atom. The number of sulfonamides is 1. The van der Waals surface area contributed by atoms with E-state index in [1.54, 1.807) is 77.7 Å². The lowest BCUT2D eigenvalue weighted by molar-refractivity contribution is 0.0303. The first-order valence-electron chi connectivity index (χ1n) is 11.3. The van der Waals surface area contributed by atoms with Crippen LogP contribution in [-0.2, 0) is 21.3 Å². The summed E-state index contributed by atoms with van der Waals surface area (Å²) >= 11 is 5.93. The normalized spacial score (nSPS) is 13.8. The Morgan fingerprint density at radius 1 is 0.972 bits per heavy atom. The van der Waals surface area contributed by atoms with Crippen LogP contribution >= 0.6 is 11.6 Å². The highest BCUT2D eigenvalue weighted by Gasteiger charge is 2.22. The molecule has 1 heterocycles. The summed E-state index contributed by atoms with van der Waals surface area (Å²) in [5.41, 5.74) is 2.33. The number of morpholine rings is 1. The molecular formula is C26H26ClN3O5S. The van der Waals surface area contributed by atoms with Crippen molar-refractivity contribution in [2.45, 2.75) is 6.54 Å². The number of rotatable bonds is 7. The van der Waals surface area contributed by atoms with Gasteiger partial charge in [0.2, 0.25) is 10.0 Å². The van der Waals surface area contributed by atoms with Crippen LogP contribution in [0.2, 0.25) is 5.02 Å². The summed E-state index contributed by atoms with van der Waals surface area (Å²) in [6.45, 7) is 2.08. The number of halogens is 1. The standard InChI is InChI=1S/C26H26ClN3O5S/c1-36(33,34)30(18-19-6-10-21(27)11-7-19)22-12-8-20(9-13-22)25(31)28-24-5-3-2-4-23(24)26(32)29-14-16-35-17-15-29/h2-13H,14-18H2,1H3,(H,28,31). The minimum Gasteiger partial charge on any atom is -0.378 e. The van der Waals surface area contributed by atoms with Crippen LogP contribution in [0.3, 0.4) is 0 Å². The van der Waals surface area contributed by atoms with Crippen molar-refractivity contribution in [2.75, 3.05) is 42.2 Å². The molecule has 1 saturated heterocycles. The van der Waals surface area contributed by atoms with Gasteiger partial charge in [0.1, 0.15) is 0 Å². The Bertz CT molecular complexity index is 1340. The van der Waals surface area contributed by atoms with E-state index in [1.807, 2.05) is 0 Å². The maximum Gasteiger partial charge on any atom is 0.256 e. The van der Waals surface area contributed by atoms with Gasteiger partial charge in [-0.25, -0.2) is 8.42 Å². The van der Waals surface area contributed by atoms with Crippen LogP contribution in [0.25, 0.3) is 0 Å². The summed E-state index contributed by atoms with van der Waals surface area (Å²) in [6, 6.07) is 20.0. The molecule has 1 aliphatic rings. The zero-order chi connectivity index (χ0) is 25.7. The molecule has 2 amide bonds. The molecule has 0 atom stereocenters. The number of ether oxygens (including phenoxy) is 1. The molecule has 4 rings (SSSR count). The van der Waals surface area contributed by atoms with Gasteiger partial charge in [-0.05, 0) is 54.1 Å². The molecule has 0 unspecified atom stereocenters. The molecule has 0 aliphatic carbocycles. The maximum atomic E-state index is 13.0. The van der Waals surface area contributed by atoms with Gasteiger partial charge in [0, 0.05) is 23.7 Å². The number of amides is 2. The molecule has 0 radical (unpaired) electrons. The fourth-order valence-electron chi connectivity index (χ4n) is 3.84. The molecule has 0 aromatic heterocycles. The highest BCUT2D eigenvalue weighted by atomic mass is 35.5. The van der Waals surface area contributed by atoms with Gasteiger partial charge in [0.05, 0.1) is 43.0 Å². The van der Waals surface area contributed by atoms with Gasteiger partial charge in [-0.1, -0.05) is 35.9 Å². The second-order valence-electron chi connectivity index (χ2n) is 8.35. The second kappa shape index (κ2) is 11.1. The average molecular weight is 528 g/mol. The van der Waals surface area contributed by atoms with Crippen molar-refractivity contribution < 1.29 is 22.7 Å². The summed E-state index contributed by atoms with van der Waals surface area (Å²) in [6.07, 6.45) is 1.13. The van der Waals surface area contributed by atoms with E-state index in [0.29, 0.717) is 53.8 Å². The van der Waals surface area contributed by atoms with E-state index < -0.39 is 15.9 Å². The summed E-state index contributed by atoms with van der Waals surface area (Å²) in [5.74, 6) is -0.581. The van der Waals surface area contributed by atoms with Crippen molar-refractivity contribution in [2.24, 2.45) is 0 Å². The summed E-state index contributed by atoms with van der Waals surface area (Å²) in [5, 5.41) is 3.37. The number of anilines is 2. The largest absolute Gasteiger partial charge is 0.378 e. The number of carbonyl (C=O) groups is 2. The molecule has 0 saturated carbocycles. The molecule has 8 nitrogen and oxygen atoms in total. The Labute approximate surface area is 215 Å². The van der Waals surface area contributed by atoms with Gasteiger partial charge >= 0.3 is 0 Å². The molecule has 10 heteroatoms. The molecule has 3 aromatic carbocycles. The van der Waals surface area contributed by atoms with Gasteiger partial charge in [-0.3, -0.25) is 13.9 Å². The van der Waals surface area contributed by atoms with E-state index in [9.17, 15) is 18.0 Å². The fourth-order valence-corrected chi connectivity index (χ4v) is 4.86. The third-order valence-corrected chi connectivity index (χ3v) is 7.15. The zero-order valence-corrected chi connectivity index (χ0v) is 21.3. The number of para-hydroxylation sites is 1. The number of benzene rings is 3. The van der Waals surface area contributed by atoms with E-state index in [0.717, 1.165) is 11.8 Å². The van der Waals surface area contributed by atoms with Gasteiger partial charge < -0.3 is 15.0 Å². The molecule has 36 heavy (non-hydrogen) atoms. The van der Waals surface area contributed by atoms with Gasteiger partial charge in [0.25, 0.3) is 11.8 Å². The van der Waals surface area contributed by atoms with Crippen LogP contribution in [0.1, 0.15) is 26.3 Å². The number of nitrogens with one attached hydrogen (secondary N) is 1. The summed E-state index contributed by atoms with van der Waals surface area (Å²) < 4.78 is 31.5. The van der Waals surface area contributed by atoms with Crippen molar-refractivity contribution in [3.05, 3.63) is 94.5 Å².